The Kier molecular flexibility index (Phi) is 9.69. The molecular weight excluding hydrogens is 530 g/mol. The Morgan fingerprint density at radius 2 is 1.61 bits per heavy atom. The average Bonchev–Trinajstić information content (AvgIpc) is 3.54. The summed E-state index contributed by atoms with van der Waals surface area (Å²) in [4.78, 5) is 52.9. The van der Waals surface area contributed by atoms with Gasteiger partial charge in [0.2, 0.25) is 11.8 Å². The Bertz CT molecular complexity index is 994. The van der Waals surface area contributed by atoms with Crippen molar-refractivity contribution >= 4 is 29.4 Å². The lowest BCUT2D eigenvalue weighted by atomic mass is 9.92. The summed E-state index contributed by atoms with van der Waals surface area (Å²) in [5.74, 6) is -4.70. The van der Waals surface area contributed by atoms with Crippen molar-refractivity contribution in [1.82, 2.24) is 14.8 Å². The van der Waals surface area contributed by atoms with E-state index in [1.165, 1.54) is 12.8 Å². The van der Waals surface area contributed by atoms with E-state index in [9.17, 15) is 35.9 Å². The van der Waals surface area contributed by atoms with Crippen LogP contribution < -0.4 is 4.90 Å². The summed E-state index contributed by atoms with van der Waals surface area (Å²) in [5, 5.41) is 14.2. The fourth-order valence-electron chi connectivity index (χ4n) is 4.16. The lowest BCUT2D eigenvalue weighted by Crippen LogP contribution is -2.66. The zero-order chi connectivity index (χ0) is 28.9. The molecule has 1 aromatic rings. The largest absolute Gasteiger partial charge is 0.490 e. The number of pyridine rings is 1. The van der Waals surface area contributed by atoms with Gasteiger partial charge in [-0.25, -0.2) is 9.59 Å². The van der Waals surface area contributed by atoms with Crippen LogP contribution in [0.5, 0.6) is 0 Å². The molecule has 4 rings (SSSR count). The van der Waals surface area contributed by atoms with Crippen LogP contribution in [0, 0.1) is 5.92 Å². The average molecular weight is 556 g/mol. The highest BCUT2D eigenvalue weighted by Gasteiger charge is 2.50. The maximum Gasteiger partial charge on any atom is 0.490 e. The van der Waals surface area contributed by atoms with E-state index in [2.05, 4.69) is 9.88 Å². The van der Waals surface area contributed by atoms with E-state index in [-0.39, 0.29) is 23.9 Å². The van der Waals surface area contributed by atoms with Gasteiger partial charge in [0.15, 0.2) is 0 Å². The number of hydrogen-bond acceptors (Lipinski definition) is 6. The van der Waals surface area contributed by atoms with Crippen LogP contribution in [0.1, 0.15) is 26.2 Å². The molecule has 0 bridgehead atoms. The number of carbonyl (C=O) groups is 4. The third kappa shape index (κ3) is 8.56. The Labute approximate surface area is 212 Å². The molecule has 2 saturated heterocycles. The van der Waals surface area contributed by atoms with Crippen molar-refractivity contribution in [2.24, 2.45) is 5.92 Å². The molecule has 1 aliphatic carbocycles. The number of hydrogen-bond donors (Lipinski definition) is 2. The van der Waals surface area contributed by atoms with E-state index in [0.717, 1.165) is 37.7 Å². The van der Waals surface area contributed by atoms with Gasteiger partial charge in [0.05, 0.1) is 24.0 Å². The van der Waals surface area contributed by atoms with Gasteiger partial charge < -0.3 is 24.9 Å². The maximum atomic E-state index is 12.6. The first kappa shape index (κ1) is 30.8. The van der Waals surface area contributed by atoms with Crippen molar-refractivity contribution in [3.63, 3.8) is 0 Å². The van der Waals surface area contributed by atoms with Gasteiger partial charge in [-0.2, -0.15) is 26.3 Å². The second kappa shape index (κ2) is 12.0. The first-order chi connectivity index (χ1) is 17.5. The fourth-order valence-corrected chi connectivity index (χ4v) is 4.16. The number of amides is 2. The molecule has 1 saturated carbocycles. The summed E-state index contributed by atoms with van der Waals surface area (Å²) in [6, 6.07) is 3.76. The third-order valence-electron chi connectivity index (χ3n) is 6.07. The van der Waals surface area contributed by atoms with Gasteiger partial charge in [-0.05, 0) is 37.3 Å². The van der Waals surface area contributed by atoms with Crippen LogP contribution in [-0.2, 0) is 19.2 Å². The number of rotatable bonds is 3. The Hall–Kier alpha value is -3.43. The Morgan fingerprint density at radius 3 is 2.03 bits per heavy atom. The van der Waals surface area contributed by atoms with Crippen molar-refractivity contribution in [2.75, 3.05) is 37.6 Å². The van der Waals surface area contributed by atoms with Crippen molar-refractivity contribution in [3.8, 4) is 0 Å². The highest BCUT2D eigenvalue weighted by molar-refractivity contribution is 5.98. The highest BCUT2D eigenvalue weighted by Crippen LogP contribution is 2.37. The number of nitrogens with zero attached hydrogens (tertiary/aromatic N) is 4. The molecular formula is C22H26F6N4O6. The number of carboxylic acids is 2. The number of anilines is 1. The molecule has 16 heteroatoms. The SMILES string of the molecule is CC(=O)N1CC(=O)N(c2cccnc2)CC12CCN(CC1CC1)C2.O=C(O)C(F)(F)F.O=C(O)C(F)(F)F. The van der Waals surface area contributed by atoms with Gasteiger partial charge in [-0.3, -0.25) is 14.6 Å². The van der Waals surface area contributed by atoms with Gasteiger partial charge in [0.25, 0.3) is 0 Å². The van der Waals surface area contributed by atoms with E-state index < -0.39 is 24.3 Å². The van der Waals surface area contributed by atoms with Gasteiger partial charge in [0, 0.05) is 32.8 Å². The van der Waals surface area contributed by atoms with E-state index in [0.29, 0.717) is 6.54 Å². The number of carboxylic acid groups (broad SMARTS) is 2. The van der Waals surface area contributed by atoms with Crippen LogP contribution in [0.4, 0.5) is 32.0 Å². The highest BCUT2D eigenvalue weighted by atomic mass is 19.4. The van der Waals surface area contributed by atoms with E-state index in [1.54, 1.807) is 19.3 Å². The Balaban J connectivity index is 0.000000301. The molecule has 212 valence electrons. The number of aromatic nitrogens is 1. The van der Waals surface area contributed by atoms with Crippen molar-refractivity contribution in [2.45, 2.75) is 44.1 Å². The summed E-state index contributed by atoms with van der Waals surface area (Å²) in [7, 11) is 0. The molecule has 3 fully saturated rings. The van der Waals surface area contributed by atoms with Crippen molar-refractivity contribution in [1.29, 1.82) is 0 Å². The molecule has 3 aliphatic rings. The monoisotopic (exact) mass is 556 g/mol. The molecule has 1 aromatic heterocycles. The lowest BCUT2D eigenvalue weighted by Gasteiger charge is -2.48. The minimum atomic E-state index is -5.08. The second-order valence-electron chi connectivity index (χ2n) is 9.05. The molecule has 10 nitrogen and oxygen atoms in total. The summed E-state index contributed by atoms with van der Waals surface area (Å²) in [6.07, 6.45) is -3.13. The molecule has 2 aliphatic heterocycles. The minimum Gasteiger partial charge on any atom is -0.475 e. The molecule has 0 aromatic carbocycles. The van der Waals surface area contributed by atoms with Crippen molar-refractivity contribution < 1.29 is 55.7 Å². The predicted molar refractivity (Wildman–Crippen MR) is 118 cm³/mol. The van der Waals surface area contributed by atoms with E-state index >= 15 is 0 Å². The fraction of sp³-hybridized carbons (Fsp3) is 0.591. The molecule has 1 spiro atoms. The Morgan fingerprint density at radius 1 is 1.05 bits per heavy atom. The van der Waals surface area contributed by atoms with Gasteiger partial charge in [0.1, 0.15) is 6.54 Å². The molecule has 38 heavy (non-hydrogen) atoms. The van der Waals surface area contributed by atoms with Crippen LogP contribution in [-0.4, -0.2) is 99.4 Å². The third-order valence-corrected chi connectivity index (χ3v) is 6.07. The zero-order valence-corrected chi connectivity index (χ0v) is 20.1. The summed E-state index contributed by atoms with van der Waals surface area (Å²) in [5.41, 5.74) is 0.565. The number of halogens is 6. The second-order valence-corrected chi connectivity index (χ2v) is 9.05. The lowest BCUT2D eigenvalue weighted by molar-refractivity contribution is -0.193. The normalized spacial score (nSPS) is 21.8. The van der Waals surface area contributed by atoms with Crippen LogP contribution in [0.3, 0.4) is 0 Å². The van der Waals surface area contributed by atoms with Gasteiger partial charge in [-0.15, -0.1) is 0 Å². The van der Waals surface area contributed by atoms with Crippen LogP contribution >= 0.6 is 0 Å². The molecule has 1 atom stereocenters. The molecule has 2 amide bonds. The number of piperazine rings is 1. The topological polar surface area (TPSA) is 131 Å². The van der Waals surface area contributed by atoms with Gasteiger partial charge >= 0.3 is 24.3 Å². The van der Waals surface area contributed by atoms with Crippen LogP contribution in [0.15, 0.2) is 24.5 Å². The summed E-state index contributed by atoms with van der Waals surface area (Å²) >= 11 is 0. The first-order valence-corrected chi connectivity index (χ1v) is 11.3. The van der Waals surface area contributed by atoms with Crippen LogP contribution in [0.25, 0.3) is 0 Å². The quantitative estimate of drug-likeness (QED) is 0.543. The molecule has 1 unspecified atom stereocenters. The van der Waals surface area contributed by atoms with Crippen molar-refractivity contribution in [3.05, 3.63) is 24.5 Å². The summed E-state index contributed by atoms with van der Waals surface area (Å²) < 4.78 is 63.5. The zero-order valence-electron chi connectivity index (χ0n) is 20.1. The molecule has 2 N–H and O–H groups in total. The number of likely N-dealkylation sites (tertiary alicyclic amines) is 1. The van der Waals surface area contributed by atoms with Gasteiger partial charge in [-0.1, -0.05) is 0 Å². The number of alkyl halides is 6. The van der Waals surface area contributed by atoms with E-state index in [1.807, 2.05) is 21.9 Å². The minimum absolute atomic E-state index is 0.00228. The predicted octanol–water partition coefficient (Wildman–Crippen LogP) is 2.40. The number of carbonyl (C=O) groups excluding carboxylic acids is 2. The summed E-state index contributed by atoms with van der Waals surface area (Å²) in [6.45, 7) is 5.33. The maximum absolute atomic E-state index is 12.6. The number of aliphatic carboxylic acids is 2. The standard InChI is InChI=1S/C18H24N4O2.2C2HF3O2/c1-14(23)22-11-17(24)21(16-3-2-7-19-9-16)13-18(22)6-8-20(12-18)10-15-4-5-15;2*3-2(4,5)1(6)7/h2-3,7,9,15H,4-6,8,10-13H2,1H3;2*(H,6,7). The first-order valence-electron chi connectivity index (χ1n) is 11.3. The smallest absolute Gasteiger partial charge is 0.475 e. The van der Waals surface area contributed by atoms with Crippen LogP contribution in [0.2, 0.25) is 0 Å². The molecule has 0 radical (unpaired) electrons. The van der Waals surface area contributed by atoms with E-state index in [4.69, 9.17) is 19.8 Å². The molecule has 3 heterocycles.